The maximum absolute atomic E-state index is 15.5. The number of primary amides is 1. The van der Waals surface area contributed by atoms with Gasteiger partial charge in [0.05, 0.1) is 12.7 Å². The summed E-state index contributed by atoms with van der Waals surface area (Å²) < 4.78 is 20.9. The molecule has 3 aromatic rings. The Bertz CT molecular complexity index is 1100. The molecule has 4 rings (SSSR count). The number of anilines is 1. The molecule has 5 nitrogen and oxygen atoms in total. The summed E-state index contributed by atoms with van der Waals surface area (Å²) in [6.07, 6.45) is 3.73. The number of carbonyl (C=O) groups excluding carboxylic acids is 1. The van der Waals surface area contributed by atoms with Crippen LogP contribution in [0.1, 0.15) is 24.0 Å². The average Bonchev–Trinajstić information content (AvgIpc) is 3.26. The highest BCUT2D eigenvalue weighted by atomic mass is 35.5. The fraction of sp³-hybridized carbons (Fsp3) is 0.250. The van der Waals surface area contributed by atoms with Crippen molar-refractivity contribution < 1.29 is 13.9 Å². The summed E-state index contributed by atoms with van der Waals surface area (Å²) in [6.45, 7) is 0.746. The van der Waals surface area contributed by atoms with Gasteiger partial charge in [0.25, 0.3) is 0 Å². The van der Waals surface area contributed by atoms with Crippen molar-refractivity contribution in [2.75, 3.05) is 18.6 Å². The summed E-state index contributed by atoms with van der Waals surface area (Å²) in [4.78, 5) is 18.1. The van der Waals surface area contributed by atoms with E-state index in [0.29, 0.717) is 39.7 Å². The van der Waals surface area contributed by atoms with E-state index in [4.69, 9.17) is 22.1 Å². The van der Waals surface area contributed by atoms with Gasteiger partial charge in [-0.15, -0.1) is 0 Å². The summed E-state index contributed by atoms with van der Waals surface area (Å²) >= 11 is 6.11. The molecule has 0 saturated carbocycles. The fourth-order valence-corrected chi connectivity index (χ4v) is 4.26. The van der Waals surface area contributed by atoms with Crippen LogP contribution < -0.4 is 15.4 Å². The van der Waals surface area contributed by atoms with Gasteiger partial charge in [0.2, 0.25) is 5.91 Å². The summed E-state index contributed by atoms with van der Waals surface area (Å²) in [7, 11) is 1.52. The lowest BCUT2D eigenvalue weighted by Crippen LogP contribution is -2.40. The maximum atomic E-state index is 15.5. The van der Waals surface area contributed by atoms with Crippen LogP contribution in [-0.4, -0.2) is 30.6 Å². The Kier molecular flexibility index (Phi) is 6.09. The third-order valence-electron chi connectivity index (χ3n) is 5.60. The zero-order chi connectivity index (χ0) is 22.0. The Morgan fingerprint density at radius 1 is 1.29 bits per heavy atom. The lowest BCUT2D eigenvalue weighted by molar-refractivity contribution is -0.119. The quantitative estimate of drug-likeness (QED) is 0.609. The number of aromatic nitrogens is 1. The van der Waals surface area contributed by atoms with Crippen molar-refractivity contribution in [1.29, 1.82) is 0 Å². The van der Waals surface area contributed by atoms with Crippen molar-refractivity contribution in [2.45, 2.75) is 25.3 Å². The number of ether oxygens (including phenoxy) is 1. The first-order valence-corrected chi connectivity index (χ1v) is 10.5. The summed E-state index contributed by atoms with van der Waals surface area (Å²) in [5, 5.41) is 0.528. The number of benzene rings is 2. The summed E-state index contributed by atoms with van der Waals surface area (Å²) in [5.74, 6) is 0.472. The Hall–Kier alpha value is -3.12. The molecule has 1 aliphatic rings. The maximum Gasteiger partial charge on any atom is 0.240 e. The van der Waals surface area contributed by atoms with Crippen LogP contribution in [0.15, 0.2) is 54.7 Å². The number of hydrogen-bond acceptors (Lipinski definition) is 4. The molecule has 31 heavy (non-hydrogen) atoms. The molecule has 2 heterocycles. The van der Waals surface area contributed by atoms with Crippen molar-refractivity contribution >= 4 is 23.3 Å². The topological polar surface area (TPSA) is 68.5 Å². The van der Waals surface area contributed by atoms with Crippen LogP contribution in [0.25, 0.3) is 11.1 Å². The highest BCUT2D eigenvalue weighted by molar-refractivity contribution is 6.30. The minimum Gasteiger partial charge on any atom is -0.496 e. The molecule has 1 atom stereocenters. The predicted molar refractivity (Wildman–Crippen MR) is 120 cm³/mol. The molecule has 2 N–H and O–H groups in total. The van der Waals surface area contributed by atoms with E-state index in [0.717, 1.165) is 24.9 Å². The molecule has 1 saturated heterocycles. The molecule has 160 valence electrons. The van der Waals surface area contributed by atoms with Crippen molar-refractivity contribution in [1.82, 2.24) is 4.98 Å². The van der Waals surface area contributed by atoms with E-state index in [1.165, 1.54) is 7.11 Å². The average molecular weight is 440 g/mol. The van der Waals surface area contributed by atoms with Gasteiger partial charge < -0.3 is 15.4 Å². The first-order valence-electron chi connectivity index (χ1n) is 10.1. The number of nitrogens with two attached hydrogens (primary N) is 1. The highest BCUT2D eigenvalue weighted by Crippen LogP contribution is 2.36. The molecular weight excluding hydrogens is 417 g/mol. The van der Waals surface area contributed by atoms with E-state index in [-0.39, 0.29) is 17.8 Å². The second-order valence-corrected chi connectivity index (χ2v) is 8.02. The lowest BCUT2D eigenvalue weighted by atomic mass is 9.97. The van der Waals surface area contributed by atoms with Crippen LogP contribution in [0.5, 0.6) is 5.75 Å². The third-order valence-corrected chi connectivity index (χ3v) is 5.83. The molecule has 0 bridgehead atoms. The summed E-state index contributed by atoms with van der Waals surface area (Å²) in [5.41, 5.74) is 7.93. The van der Waals surface area contributed by atoms with Crippen LogP contribution in [0.4, 0.5) is 10.2 Å². The standard InChI is InChI=1S/C24H23ClFN3O2/c1-31-20-9-8-17(23(26)22(20)16-4-2-5-18(25)13-16)12-15-7-10-21(28-14-15)29-11-3-6-19(29)24(27)30/h2,4-5,7-10,13-14,19H,3,6,11-12H2,1H3,(H2,27,30). The number of carbonyl (C=O) groups is 1. The first-order chi connectivity index (χ1) is 15.0. The number of hydrogen-bond donors (Lipinski definition) is 1. The number of methoxy groups -OCH3 is 1. The van der Waals surface area contributed by atoms with Gasteiger partial charge in [-0.3, -0.25) is 4.79 Å². The molecule has 1 fully saturated rings. The van der Waals surface area contributed by atoms with E-state index in [9.17, 15) is 4.79 Å². The molecule has 7 heteroatoms. The van der Waals surface area contributed by atoms with Gasteiger partial charge in [0.1, 0.15) is 23.4 Å². The van der Waals surface area contributed by atoms with Crippen molar-refractivity contribution in [2.24, 2.45) is 5.73 Å². The molecule has 0 radical (unpaired) electrons. The van der Waals surface area contributed by atoms with Crippen molar-refractivity contribution in [3.63, 3.8) is 0 Å². The highest BCUT2D eigenvalue weighted by Gasteiger charge is 2.29. The zero-order valence-corrected chi connectivity index (χ0v) is 17.9. The Balaban J connectivity index is 1.61. The largest absolute Gasteiger partial charge is 0.496 e. The molecule has 2 aromatic carbocycles. The normalized spacial score (nSPS) is 15.8. The third kappa shape index (κ3) is 4.35. The minimum atomic E-state index is -0.348. The van der Waals surface area contributed by atoms with Crippen LogP contribution in [0.2, 0.25) is 5.02 Å². The van der Waals surface area contributed by atoms with Crippen molar-refractivity contribution in [3.8, 4) is 16.9 Å². The zero-order valence-electron chi connectivity index (χ0n) is 17.1. The summed E-state index contributed by atoms with van der Waals surface area (Å²) in [6, 6.07) is 14.0. The molecule has 1 unspecified atom stereocenters. The van der Waals surface area contributed by atoms with E-state index in [2.05, 4.69) is 4.98 Å². The second-order valence-electron chi connectivity index (χ2n) is 7.58. The Labute approximate surface area is 185 Å². The monoisotopic (exact) mass is 439 g/mol. The van der Waals surface area contributed by atoms with E-state index >= 15 is 4.39 Å². The van der Waals surface area contributed by atoms with E-state index in [1.807, 2.05) is 17.0 Å². The molecule has 1 aromatic heterocycles. The number of halogens is 2. The van der Waals surface area contributed by atoms with Crippen LogP contribution in [0, 0.1) is 5.82 Å². The molecule has 1 aliphatic heterocycles. The van der Waals surface area contributed by atoms with Gasteiger partial charge in [-0.1, -0.05) is 35.9 Å². The lowest BCUT2D eigenvalue weighted by Gasteiger charge is -2.23. The minimum absolute atomic E-state index is 0.322. The number of nitrogens with zero attached hydrogens (tertiary/aromatic N) is 2. The van der Waals surface area contributed by atoms with Gasteiger partial charge in [-0.25, -0.2) is 9.37 Å². The van der Waals surface area contributed by atoms with Gasteiger partial charge in [-0.2, -0.15) is 0 Å². The van der Waals surface area contributed by atoms with Gasteiger partial charge in [0, 0.05) is 24.2 Å². The first kappa shape index (κ1) is 21.1. The van der Waals surface area contributed by atoms with Crippen LogP contribution >= 0.6 is 11.6 Å². The Morgan fingerprint density at radius 2 is 2.13 bits per heavy atom. The number of amides is 1. The van der Waals surface area contributed by atoms with Crippen LogP contribution in [0.3, 0.4) is 0 Å². The van der Waals surface area contributed by atoms with Crippen molar-refractivity contribution in [3.05, 3.63) is 76.7 Å². The van der Waals surface area contributed by atoms with Crippen LogP contribution in [-0.2, 0) is 11.2 Å². The number of pyridine rings is 1. The predicted octanol–water partition coefficient (Wildman–Crippen LogP) is 4.59. The smallest absolute Gasteiger partial charge is 0.240 e. The number of rotatable bonds is 6. The second kappa shape index (κ2) is 8.94. The fourth-order valence-electron chi connectivity index (χ4n) is 4.07. The van der Waals surface area contributed by atoms with E-state index < -0.39 is 0 Å². The Morgan fingerprint density at radius 3 is 2.81 bits per heavy atom. The SMILES string of the molecule is COc1ccc(Cc2ccc(N3CCCC3C(N)=O)nc2)c(F)c1-c1cccc(Cl)c1. The molecular formula is C24H23ClFN3O2. The van der Waals surface area contributed by atoms with Gasteiger partial charge >= 0.3 is 0 Å². The molecule has 0 aliphatic carbocycles. The molecule has 1 amide bonds. The van der Waals surface area contributed by atoms with Gasteiger partial charge in [0.15, 0.2) is 0 Å². The molecule has 0 spiro atoms. The van der Waals surface area contributed by atoms with E-state index in [1.54, 1.807) is 42.6 Å². The van der Waals surface area contributed by atoms with Gasteiger partial charge in [-0.05, 0) is 53.8 Å².